The van der Waals surface area contributed by atoms with Crippen molar-refractivity contribution in [3.63, 3.8) is 0 Å². The minimum atomic E-state index is -0.490. The number of hydrogen-bond acceptors (Lipinski definition) is 3. The lowest BCUT2D eigenvalue weighted by Crippen LogP contribution is -2.13. The Morgan fingerprint density at radius 1 is 1.56 bits per heavy atom. The maximum absolute atomic E-state index is 13.8. The molecule has 0 spiro atoms. The van der Waals surface area contributed by atoms with Gasteiger partial charge in [0.05, 0.1) is 7.11 Å². The molecule has 0 aromatic heterocycles. The molecule has 4 heteroatoms. The molecule has 3 nitrogen and oxygen atoms in total. The van der Waals surface area contributed by atoms with Gasteiger partial charge in [-0.3, -0.25) is 0 Å². The summed E-state index contributed by atoms with van der Waals surface area (Å²) in [5.41, 5.74) is 1.35. The van der Waals surface area contributed by atoms with Gasteiger partial charge in [0.2, 0.25) is 0 Å². The van der Waals surface area contributed by atoms with Crippen molar-refractivity contribution in [2.75, 3.05) is 13.7 Å². The first-order valence-corrected chi connectivity index (χ1v) is 5.99. The highest BCUT2D eigenvalue weighted by atomic mass is 19.1. The topological polar surface area (TPSA) is 38.3 Å². The van der Waals surface area contributed by atoms with Crippen LogP contribution in [0.4, 0.5) is 4.39 Å². The summed E-state index contributed by atoms with van der Waals surface area (Å²) in [6.45, 7) is 0.982. The molecule has 1 N–H and O–H groups in total. The lowest BCUT2D eigenvalue weighted by molar-refractivity contribution is -0.134. The molecule has 1 saturated heterocycles. The van der Waals surface area contributed by atoms with Gasteiger partial charge in [-0.25, -0.2) is 9.18 Å². The van der Waals surface area contributed by atoms with E-state index in [0.29, 0.717) is 5.56 Å². The maximum atomic E-state index is 13.8. The van der Waals surface area contributed by atoms with Crippen molar-refractivity contribution in [1.29, 1.82) is 0 Å². The lowest BCUT2D eigenvalue weighted by atomic mass is 10.0. The number of carbonyl (C=O) groups is 1. The third-order valence-electron chi connectivity index (χ3n) is 3.09. The molecule has 1 aromatic carbocycles. The minimum absolute atomic E-state index is 0.248. The molecule has 96 valence electrons. The van der Waals surface area contributed by atoms with Gasteiger partial charge in [-0.05, 0) is 37.1 Å². The van der Waals surface area contributed by atoms with Crippen molar-refractivity contribution in [1.82, 2.24) is 5.32 Å². The second-order valence-corrected chi connectivity index (χ2v) is 4.29. The van der Waals surface area contributed by atoms with E-state index in [-0.39, 0.29) is 11.9 Å². The Morgan fingerprint density at radius 2 is 2.39 bits per heavy atom. The van der Waals surface area contributed by atoms with Crippen molar-refractivity contribution >= 4 is 12.0 Å². The number of carbonyl (C=O) groups excluding carboxylic acids is 1. The Labute approximate surface area is 106 Å². The molecule has 1 heterocycles. The smallest absolute Gasteiger partial charge is 0.330 e. The lowest BCUT2D eigenvalue weighted by Gasteiger charge is -2.11. The van der Waals surface area contributed by atoms with Crippen molar-refractivity contribution in [3.8, 4) is 0 Å². The van der Waals surface area contributed by atoms with Gasteiger partial charge in [0.15, 0.2) is 0 Å². The van der Waals surface area contributed by atoms with Crippen LogP contribution < -0.4 is 5.32 Å². The van der Waals surface area contributed by atoms with E-state index in [1.807, 2.05) is 6.07 Å². The molecular weight excluding hydrogens is 233 g/mol. The van der Waals surface area contributed by atoms with Crippen LogP contribution in [0.3, 0.4) is 0 Å². The van der Waals surface area contributed by atoms with E-state index in [4.69, 9.17) is 0 Å². The van der Waals surface area contributed by atoms with Crippen LogP contribution in [-0.2, 0) is 9.53 Å². The number of methoxy groups -OCH3 is 1. The largest absolute Gasteiger partial charge is 0.466 e. The van der Waals surface area contributed by atoms with Crippen LogP contribution in [-0.4, -0.2) is 19.6 Å². The number of benzene rings is 1. The van der Waals surface area contributed by atoms with E-state index < -0.39 is 5.97 Å². The molecule has 0 radical (unpaired) electrons. The fourth-order valence-corrected chi connectivity index (χ4v) is 2.09. The van der Waals surface area contributed by atoms with Crippen molar-refractivity contribution < 1.29 is 13.9 Å². The molecule has 0 aliphatic carbocycles. The first-order chi connectivity index (χ1) is 8.70. The zero-order chi connectivity index (χ0) is 13.0. The molecular formula is C14H16FNO2. The van der Waals surface area contributed by atoms with Crippen LogP contribution in [0.5, 0.6) is 0 Å². The molecule has 0 bridgehead atoms. The Balaban J connectivity index is 2.14. The molecule has 1 aromatic rings. The average molecular weight is 249 g/mol. The van der Waals surface area contributed by atoms with Gasteiger partial charge in [-0.1, -0.05) is 12.1 Å². The van der Waals surface area contributed by atoms with E-state index in [1.54, 1.807) is 6.07 Å². The van der Waals surface area contributed by atoms with E-state index in [0.717, 1.165) is 24.9 Å². The standard InChI is InChI=1S/C14H16FNO2/c1-18-14(17)7-6-10-4-5-11(9-12(10)15)13-3-2-8-16-13/h4-7,9,13,16H,2-3,8H2,1H3/t13-/m0/s1. The number of esters is 1. The van der Waals surface area contributed by atoms with Crippen LogP contribution in [0.15, 0.2) is 24.3 Å². The van der Waals surface area contributed by atoms with E-state index >= 15 is 0 Å². The summed E-state index contributed by atoms with van der Waals surface area (Å²) >= 11 is 0. The minimum Gasteiger partial charge on any atom is -0.466 e. The van der Waals surface area contributed by atoms with E-state index in [2.05, 4.69) is 10.1 Å². The van der Waals surface area contributed by atoms with Crippen LogP contribution in [0.2, 0.25) is 0 Å². The monoisotopic (exact) mass is 249 g/mol. The van der Waals surface area contributed by atoms with Gasteiger partial charge in [-0.2, -0.15) is 0 Å². The summed E-state index contributed by atoms with van der Waals surface area (Å²) in [5.74, 6) is -0.808. The van der Waals surface area contributed by atoms with Gasteiger partial charge < -0.3 is 10.1 Å². The van der Waals surface area contributed by atoms with Crippen molar-refractivity contribution in [3.05, 3.63) is 41.2 Å². The van der Waals surface area contributed by atoms with Crippen LogP contribution in [0.25, 0.3) is 6.08 Å². The normalized spacial score (nSPS) is 19.3. The fraction of sp³-hybridized carbons (Fsp3) is 0.357. The molecule has 18 heavy (non-hydrogen) atoms. The summed E-state index contributed by atoms with van der Waals surface area (Å²) in [4.78, 5) is 10.9. The van der Waals surface area contributed by atoms with Gasteiger partial charge in [0.1, 0.15) is 5.82 Å². The van der Waals surface area contributed by atoms with Crippen molar-refractivity contribution in [2.24, 2.45) is 0 Å². The first kappa shape index (κ1) is 12.8. The third kappa shape index (κ3) is 2.96. The SMILES string of the molecule is COC(=O)C=Cc1ccc([C@@H]2CCCN2)cc1F. The zero-order valence-electron chi connectivity index (χ0n) is 10.3. The zero-order valence-corrected chi connectivity index (χ0v) is 10.3. The number of hydrogen-bond donors (Lipinski definition) is 1. The van der Waals surface area contributed by atoms with Gasteiger partial charge >= 0.3 is 5.97 Å². The molecule has 0 saturated carbocycles. The van der Waals surface area contributed by atoms with E-state index in [1.165, 1.54) is 25.3 Å². The summed E-state index contributed by atoms with van der Waals surface area (Å²) < 4.78 is 18.3. The van der Waals surface area contributed by atoms with E-state index in [9.17, 15) is 9.18 Å². The quantitative estimate of drug-likeness (QED) is 0.660. The van der Waals surface area contributed by atoms with Gasteiger partial charge in [0, 0.05) is 17.7 Å². The number of halogens is 1. The highest BCUT2D eigenvalue weighted by molar-refractivity contribution is 5.86. The molecule has 0 unspecified atom stereocenters. The van der Waals surface area contributed by atoms with Gasteiger partial charge in [0.25, 0.3) is 0 Å². The number of rotatable bonds is 3. The Hall–Kier alpha value is -1.68. The molecule has 0 amide bonds. The predicted molar refractivity (Wildman–Crippen MR) is 67.4 cm³/mol. The Morgan fingerprint density at radius 3 is 3.00 bits per heavy atom. The Bertz CT molecular complexity index is 465. The fourth-order valence-electron chi connectivity index (χ4n) is 2.09. The summed E-state index contributed by atoms with van der Waals surface area (Å²) in [6.07, 6.45) is 4.80. The molecule has 1 fully saturated rings. The molecule has 2 rings (SSSR count). The highest BCUT2D eigenvalue weighted by Crippen LogP contribution is 2.24. The summed E-state index contributed by atoms with van der Waals surface area (Å²) in [6, 6.07) is 5.35. The number of ether oxygens (including phenoxy) is 1. The average Bonchev–Trinajstić information content (AvgIpc) is 2.90. The molecule has 1 aliphatic rings. The second-order valence-electron chi connectivity index (χ2n) is 4.29. The van der Waals surface area contributed by atoms with Crippen LogP contribution in [0.1, 0.15) is 30.0 Å². The summed E-state index contributed by atoms with van der Waals surface area (Å²) in [5, 5.41) is 3.32. The van der Waals surface area contributed by atoms with Gasteiger partial charge in [-0.15, -0.1) is 0 Å². The summed E-state index contributed by atoms with van der Waals surface area (Å²) in [7, 11) is 1.29. The molecule has 1 aliphatic heterocycles. The first-order valence-electron chi connectivity index (χ1n) is 5.99. The second kappa shape index (κ2) is 5.78. The maximum Gasteiger partial charge on any atom is 0.330 e. The predicted octanol–water partition coefficient (Wildman–Crippen LogP) is 2.44. The number of nitrogens with one attached hydrogen (secondary N) is 1. The third-order valence-corrected chi connectivity index (χ3v) is 3.09. The molecule has 1 atom stereocenters. The highest BCUT2D eigenvalue weighted by Gasteiger charge is 2.16. The van der Waals surface area contributed by atoms with Crippen molar-refractivity contribution in [2.45, 2.75) is 18.9 Å². The Kier molecular flexibility index (Phi) is 4.10. The van der Waals surface area contributed by atoms with Crippen LogP contribution >= 0.6 is 0 Å². The van der Waals surface area contributed by atoms with Crippen LogP contribution in [0, 0.1) is 5.82 Å².